The van der Waals surface area contributed by atoms with Crippen molar-refractivity contribution in [3.63, 3.8) is 0 Å². The molecular formula is C19H23NO3S. The van der Waals surface area contributed by atoms with E-state index in [1.54, 1.807) is 24.3 Å². The molecule has 0 fully saturated rings. The molecule has 1 N–H and O–H groups in total. The molecule has 0 saturated carbocycles. The van der Waals surface area contributed by atoms with Gasteiger partial charge < -0.3 is 5.32 Å². The molecule has 128 valence electrons. The van der Waals surface area contributed by atoms with Crippen LogP contribution in [0.25, 0.3) is 0 Å². The third-order valence-electron chi connectivity index (χ3n) is 3.84. The molecule has 0 radical (unpaired) electrons. The summed E-state index contributed by atoms with van der Waals surface area (Å²) in [5.41, 5.74) is 2.45. The number of anilines is 1. The molecule has 0 spiro atoms. The maximum Gasteiger partial charge on any atom is 0.224 e. The molecule has 0 aliphatic rings. The third kappa shape index (κ3) is 5.81. The van der Waals surface area contributed by atoms with Crippen molar-refractivity contribution >= 4 is 21.4 Å². The quantitative estimate of drug-likeness (QED) is 0.831. The lowest BCUT2D eigenvalue weighted by atomic mass is 9.93. The highest BCUT2D eigenvalue weighted by Crippen LogP contribution is 2.23. The molecule has 2 aromatic carbocycles. The summed E-state index contributed by atoms with van der Waals surface area (Å²) >= 11 is 0. The number of nitrogens with one attached hydrogen (secondary N) is 1. The minimum atomic E-state index is -3.09. The number of hydrogen-bond donors (Lipinski definition) is 1. The molecule has 1 atom stereocenters. The fourth-order valence-electron chi connectivity index (χ4n) is 2.70. The topological polar surface area (TPSA) is 63.2 Å². The van der Waals surface area contributed by atoms with E-state index in [1.165, 1.54) is 6.26 Å². The van der Waals surface area contributed by atoms with Crippen molar-refractivity contribution in [2.45, 2.75) is 31.4 Å². The van der Waals surface area contributed by atoms with Crippen LogP contribution in [-0.2, 0) is 20.4 Å². The van der Waals surface area contributed by atoms with Crippen molar-refractivity contribution in [1.82, 2.24) is 0 Å². The molecule has 2 rings (SSSR count). The van der Waals surface area contributed by atoms with Crippen LogP contribution >= 0.6 is 0 Å². The second kappa shape index (κ2) is 8.11. The van der Waals surface area contributed by atoms with Crippen molar-refractivity contribution in [3.05, 3.63) is 65.7 Å². The Labute approximate surface area is 143 Å². The van der Waals surface area contributed by atoms with Gasteiger partial charge >= 0.3 is 0 Å². The molecule has 0 saturated heterocycles. The van der Waals surface area contributed by atoms with Gasteiger partial charge in [0, 0.05) is 18.4 Å². The smallest absolute Gasteiger partial charge is 0.224 e. The summed E-state index contributed by atoms with van der Waals surface area (Å²) in [4.78, 5) is 12.3. The summed E-state index contributed by atoms with van der Waals surface area (Å²) in [5.74, 6) is 0.0748. The minimum absolute atomic E-state index is 0.0295. The Morgan fingerprint density at radius 3 is 2.42 bits per heavy atom. The van der Waals surface area contributed by atoms with Gasteiger partial charge in [0.05, 0.1) is 5.75 Å². The van der Waals surface area contributed by atoms with Crippen LogP contribution in [0.15, 0.2) is 54.6 Å². The van der Waals surface area contributed by atoms with Crippen LogP contribution in [0.4, 0.5) is 5.69 Å². The molecule has 0 bridgehead atoms. The van der Waals surface area contributed by atoms with E-state index >= 15 is 0 Å². The number of benzene rings is 2. The lowest BCUT2D eigenvalue weighted by Gasteiger charge is -2.15. The highest BCUT2D eigenvalue weighted by Gasteiger charge is 2.14. The summed E-state index contributed by atoms with van der Waals surface area (Å²) in [6, 6.07) is 17.0. The fraction of sp³-hybridized carbons (Fsp3) is 0.316. The van der Waals surface area contributed by atoms with Crippen molar-refractivity contribution in [1.29, 1.82) is 0 Å². The lowest BCUT2D eigenvalue weighted by molar-refractivity contribution is -0.116. The van der Waals surface area contributed by atoms with Gasteiger partial charge in [-0.3, -0.25) is 4.79 Å². The highest BCUT2D eigenvalue weighted by molar-refractivity contribution is 7.89. The average molecular weight is 345 g/mol. The molecule has 0 aromatic heterocycles. The Morgan fingerprint density at radius 2 is 1.79 bits per heavy atom. The largest absolute Gasteiger partial charge is 0.326 e. The van der Waals surface area contributed by atoms with E-state index in [0.29, 0.717) is 17.7 Å². The monoisotopic (exact) mass is 345 g/mol. The molecule has 0 aliphatic heterocycles. The van der Waals surface area contributed by atoms with E-state index in [9.17, 15) is 13.2 Å². The first-order valence-electron chi connectivity index (χ1n) is 7.99. The van der Waals surface area contributed by atoms with E-state index in [0.717, 1.165) is 12.0 Å². The number of carbonyl (C=O) groups is 1. The first kappa shape index (κ1) is 18.2. The van der Waals surface area contributed by atoms with Gasteiger partial charge in [-0.15, -0.1) is 0 Å². The minimum Gasteiger partial charge on any atom is -0.326 e. The zero-order valence-corrected chi connectivity index (χ0v) is 14.8. The third-order valence-corrected chi connectivity index (χ3v) is 4.69. The van der Waals surface area contributed by atoms with Crippen LogP contribution in [0.5, 0.6) is 0 Å². The van der Waals surface area contributed by atoms with Gasteiger partial charge in [-0.1, -0.05) is 49.4 Å². The van der Waals surface area contributed by atoms with Crippen LogP contribution in [0.1, 0.15) is 36.8 Å². The van der Waals surface area contributed by atoms with Crippen LogP contribution in [0, 0.1) is 0 Å². The Bertz CT molecular complexity index is 785. The molecular weight excluding hydrogens is 322 g/mol. The van der Waals surface area contributed by atoms with Gasteiger partial charge in [-0.2, -0.15) is 0 Å². The fourth-order valence-corrected chi connectivity index (χ4v) is 3.49. The molecule has 1 unspecified atom stereocenters. The first-order chi connectivity index (χ1) is 11.4. The number of amides is 1. The van der Waals surface area contributed by atoms with Gasteiger partial charge in [0.25, 0.3) is 0 Å². The second-order valence-electron chi connectivity index (χ2n) is 6.04. The van der Waals surface area contributed by atoms with Crippen molar-refractivity contribution < 1.29 is 13.2 Å². The van der Waals surface area contributed by atoms with Gasteiger partial charge in [0.2, 0.25) is 5.91 Å². The number of rotatable bonds is 7. The molecule has 24 heavy (non-hydrogen) atoms. The van der Waals surface area contributed by atoms with Gasteiger partial charge in [-0.25, -0.2) is 8.42 Å². The summed E-state index contributed by atoms with van der Waals surface area (Å²) in [5, 5.41) is 2.87. The summed E-state index contributed by atoms with van der Waals surface area (Å²) in [6.07, 6.45) is 2.48. The normalized spacial score (nSPS) is 12.6. The molecule has 1 amide bonds. The van der Waals surface area contributed by atoms with Crippen LogP contribution in [-0.4, -0.2) is 20.6 Å². The summed E-state index contributed by atoms with van der Waals surface area (Å²) in [7, 11) is -3.09. The molecule has 4 nitrogen and oxygen atoms in total. The Kier molecular flexibility index (Phi) is 6.15. The average Bonchev–Trinajstić information content (AvgIpc) is 2.52. The lowest BCUT2D eigenvalue weighted by Crippen LogP contribution is -2.15. The van der Waals surface area contributed by atoms with E-state index < -0.39 is 9.84 Å². The van der Waals surface area contributed by atoms with E-state index in [4.69, 9.17) is 0 Å². The molecule has 0 aliphatic carbocycles. The van der Waals surface area contributed by atoms with Gasteiger partial charge in [0.1, 0.15) is 0 Å². The van der Waals surface area contributed by atoms with Crippen molar-refractivity contribution in [2.24, 2.45) is 0 Å². The number of carbonyl (C=O) groups excluding carboxylic acids is 1. The highest BCUT2D eigenvalue weighted by atomic mass is 32.2. The van der Waals surface area contributed by atoms with Crippen molar-refractivity contribution in [3.8, 4) is 0 Å². The van der Waals surface area contributed by atoms with Crippen LogP contribution in [0.2, 0.25) is 0 Å². The summed E-state index contributed by atoms with van der Waals surface area (Å²) in [6.45, 7) is 2.07. The zero-order chi connectivity index (χ0) is 17.6. The Balaban J connectivity index is 2.03. The van der Waals surface area contributed by atoms with E-state index in [1.807, 2.05) is 30.3 Å². The number of sulfone groups is 1. The first-order valence-corrected chi connectivity index (χ1v) is 10.0. The maximum atomic E-state index is 12.3. The zero-order valence-electron chi connectivity index (χ0n) is 14.0. The van der Waals surface area contributed by atoms with Gasteiger partial charge in [0.15, 0.2) is 9.84 Å². The maximum absolute atomic E-state index is 12.3. The van der Waals surface area contributed by atoms with Crippen LogP contribution < -0.4 is 5.32 Å². The Hall–Kier alpha value is -2.14. The molecule has 5 heteroatoms. The van der Waals surface area contributed by atoms with Gasteiger partial charge in [-0.05, 0) is 35.6 Å². The summed E-state index contributed by atoms with van der Waals surface area (Å²) < 4.78 is 22.8. The molecule has 2 aromatic rings. The predicted octanol–water partition coefficient (Wildman–Crippen LogP) is 3.75. The van der Waals surface area contributed by atoms with E-state index in [-0.39, 0.29) is 17.6 Å². The van der Waals surface area contributed by atoms with Crippen LogP contribution in [0.3, 0.4) is 0 Å². The Morgan fingerprint density at radius 1 is 1.08 bits per heavy atom. The van der Waals surface area contributed by atoms with E-state index in [2.05, 4.69) is 12.2 Å². The number of hydrogen-bond acceptors (Lipinski definition) is 3. The van der Waals surface area contributed by atoms with Crippen molar-refractivity contribution in [2.75, 3.05) is 11.6 Å². The predicted molar refractivity (Wildman–Crippen MR) is 97.7 cm³/mol. The molecule has 0 heterocycles. The standard InChI is InChI=1S/C19H23NO3S/c1-3-16(17-9-5-4-6-10-17)13-19(21)20-18-11-7-8-15(12-18)14-24(2,22)23/h4-12,16H,3,13-14H2,1-2H3,(H,20,21). The SMILES string of the molecule is CCC(CC(=O)Nc1cccc(CS(C)(=O)=O)c1)c1ccccc1. The second-order valence-corrected chi connectivity index (χ2v) is 8.18.